The van der Waals surface area contributed by atoms with Crippen molar-refractivity contribution in [3.8, 4) is 11.3 Å². The molecule has 0 saturated heterocycles. The van der Waals surface area contributed by atoms with Gasteiger partial charge in [-0.05, 0) is 42.7 Å². The molecule has 7 heteroatoms. The van der Waals surface area contributed by atoms with Gasteiger partial charge in [0.15, 0.2) is 5.82 Å². The molecule has 3 rings (SSSR count). The van der Waals surface area contributed by atoms with Gasteiger partial charge in [-0.15, -0.1) is 0 Å². The molecule has 0 spiro atoms. The first-order chi connectivity index (χ1) is 14.0. The number of benzene rings is 1. The Morgan fingerprint density at radius 2 is 1.93 bits per heavy atom. The monoisotopic (exact) mass is 386 g/mol. The van der Waals surface area contributed by atoms with E-state index in [0.717, 1.165) is 27.8 Å². The largest absolute Gasteiger partial charge is 0.404 e. The molecule has 0 atom stereocenters. The number of nitrogens with two attached hydrogens (primary N) is 1. The molecule has 0 saturated carbocycles. The van der Waals surface area contributed by atoms with Crippen LogP contribution in [0, 0.1) is 13.8 Å². The van der Waals surface area contributed by atoms with Crippen LogP contribution in [0.4, 0.5) is 5.82 Å². The molecule has 3 aromatic rings. The highest BCUT2D eigenvalue weighted by Gasteiger charge is 2.12. The highest BCUT2D eigenvalue weighted by Crippen LogP contribution is 2.25. The SMILES string of the molecule is CN=CC(=CN)c1ccc(C)c(-c2cnc(NC(=O)c3cnccc3C)cn2)c1. The molecule has 1 aromatic carbocycles. The number of allylic oxidation sites excluding steroid dienone is 1. The second kappa shape index (κ2) is 8.88. The smallest absolute Gasteiger partial charge is 0.258 e. The third kappa shape index (κ3) is 4.52. The number of carbonyl (C=O) groups excluding carboxylic acids is 1. The van der Waals surface area contributed by atoms with Crippen LogP contribution in [-0.2, 0) is 0 Å². The van der Waals surface area contributed by atoms with Crippen LogP contribution in [-0.4, -0.2) is 34.1 Å². The molecule has 0 radical (unpaired) electrons. The predicted molar refractivity (Wildman–Crippen MR) is 116 cm³/mol. The summed E-state index contributed by atoms with van der Waals surface area (Å²) < 4.78 is 0. The molecular formula is C22H22N6O. The first kappa shape index (κ1) is 19.9. The number of anilines is 1. The van der Waals surface area contributed by atoms with E-state index in [1.807, 2.05) is 32.0 Å². The number of hydrogen-bond donors (Lipinski definition) is 2. The number of aryl methyl sites for hydroxylation is 2. The summed E-state index contributed by atoms with van der Waals surface area (Å²) in [6.45, 7) is 3.86. The molecule has 0 unspecified atom stereocenters. The van der Waals surface area contributed by atoms with Crippen molar-refractivity contribution in [3.63, 3.8) is 0 Å². The van der Waals surface area contributed by atoms with Gasteiger partial charge in [0.05, 0.1) is 23.7 Å². The summed E-state index contributed by atoms with van der Waals surface area (Å²) in [7, 11) is 1.70. The quantitative estimate of drug-likeness (QED) is 0.654. The summed E-state index contributed by atoms with van der Waals surface area (Å²) in [5.41, 5.74) is 11.5. The van der Waals surface area contributed by atoms with Gasteiger partial charge in [-0.3, -0.25) is 19.8 Å². The minimum Gasteiger partial charge on any atom is -0.404 e. The number of amides is 1. The van der Waals surface area contributed by atoms with Gasteiger partial charge in [0.25, 0.3) is 5.91 Å². The van der Waals surface area contributed by atoms with E-state index in [9.17, 15) is 4.79 Å². The highest BCUT2D eigenvalue weighted by molar-refractivity contribution is 6.10. The lowest BCUT2D eigenvalue weighted by atomic mass is 9.99. The maximum Gasteiger partial charge on any atom is 0.258 e. The Morgan fingerprint density at radius 3 is 2.59 bits per heavy atom. The van der Waals surface area contributed by atoms with E-state index in [1.165, 1.54) is 18.6 Å². The zero-order chi connectivity index (χ0) is 20.8. The summed E-state index contributed by atoms with van der Waals surface area (Å²) in [4.78, 5) is 29.3. The van der Waals surface area contributed by atoms with Gasteiger partial charge in [-0.1, -0.05) is 12.1 Å². The standard InChI is InChI=1S/C22H22N6O/c1-14-4-5-16(17(9-23)10-24-3)8-18(14)20-12-27-21(13-26-20)28-22(29)19-11-25-7-6-15(19)2/h4-13H,23H2,1-3H3,(H,27,28,29). The van der Waals surface area contributed by atoms with Crippen molar-refractivity contribution in [1.82, 2.24) is 15.0 Å². The maximum absolute atomic E-state index is 12.4. The summed E-state index contributed by atoms with van der Waals surface area (Å²) in [5.74, 6) is 0.101. The van der Waals surface area contributed by atoms with Gasteiger partial charge < -0.3 is 11.1 Å². The number of nitrogens with zero attached hydrogens (tertiary/aromatic N) is 4. The Morgan fingerprint density at radius 1 is 1.10 bits per heavy atom. The van der Waals surface area contributed by atoms with Gasteiger partial charge in [-0.25, -0.2) is 4.98 Å². The van der Waals surface area contributed by atoms with Crippen LogP contribution in [0.1, 0.15) is 27.0 Å². The number of carbonyl (C=O) groups is 1. The third-order valence-electron chi connectivity index (χ3n) is 4.47. The lowest BCUT2D eigenvalue weighted by molar-refractivity contribution is 0.102. The molecule has 2 aromatic heterocycles. The van der Waals surface area contributed by atoms with Crippen molar-refractivity contribution in [2.45, 2.75) is 13.8 Å². The number of rotatable bonds is 5. The van der Waals surface area contributed by atoms with Crippen molar-refractivity contribution in [2.75, 3.05) is 12.4 Å². The fourth-order valence-corrected chi connectivity index (χ4v) is 2.85. The molecule has 0 bridgehead atoms. The van der Waals surface area contributed by atoms with Gasteiger partial charge in [-0.2, -0.15) is 0 Å². The minimum absolute atomic E-state index is 0.271. The van der Waals surface area contributed by atoms with E-state index in [0.29, 0.717) is 17.1 Å². The van der Waals surface area contributed by atoms with Crippen LogP contribution in [0.5, 0.6) is 0 Å². The fourth-order valence-electron chi connectivity index (χ4n) is 2.85. The molecule has 7 nitrogen and oxygen atoms in total. The molecular weight excluding hydrogens is 364 g/mol. The zero-order valence-electron chi connectivity index (χ0n) is 16.5. The van der Waals surface area contributed by atoms with Crippen LogP contribution in [0.3, 0.4) is 0 Å². The van der Waals surface area contributed by atoms with E-state index < -0.39 is 0 Å². The minimum atomic E-state index is -0.271. The van der Waals surface area contributed by atoms with E-state index in [-0.39, 0.29) is 5.91 Å². The summed E-state index contributed by atoms with van der Waals surface area (Å²) in [6.07, 6.45) is 9.58. The molecule has 0 aliphatic carbocycles. The van der Waals surface area contributed by atoms with Crippen molar-refractivity contribution in [1.29, 1.82) is 0 Å². The lowest BCUT2D eigenvalue weighted by Crippen LogP contribution is -2.14. The van der Waals surface area contributed by atoms with E-state index in [2.05, 4.69) is 25.3 Å². The van der Waals surface area contributed by atoms with Crippen LogP contribution < -0.4 is 11.1 Å². The highest BCUT2D eigenvalue weighted by atomic mass is 16.1. The van der Waals surface area contributed by atoms with E-state index >= 15 is 0 Å². The fraction of sp³-hybridized carbons (Fsp3) is 0.136. The Hall–Kier alpha value is -3.87. The molecule has 0 fully saturated rings. The Labute approximate surface area is 169 Å². The van der Waals surface area contributed by atoms with Crippen molar-refractivity contribution >= 4 is 23.5 Å². The lowest BCUT2D eigenvalue weighted by Gasteiger charge is -2.10. The Balaban J connectivity index is 1.85. The van der Waals surface area contributed by atoms with Crippen LogP contribution in [0.2, 0.25) is 0 Å². The number of aliphatic imine (C=N–C) groups is 1. The molecule has 0 aliphatic rings. The Kier molecular flexibility index (Phi) is 6.09. The maximum atomic E-state index is 12.4. The predicted octanol–water partition coefficient (Wildman–Crippen LogP) is 3.41. The van der Waals surface area contributed by atoms with Crippen LogP contribution in [0.25, 0.3) is 16.8 Å². The van der Waals surface area contributed by atoms with Gasteiger partial charge >= 0.3 is 0 Å². The van der Waals surface area contributed by atoms with Crippen molar-refractivity contribution in [3.05, 3.63) is 77.5 Å². The third-order valence-corrected chi connectivity index (χ3v) is 4.47. The summed E-state index contributed by atoms with van der Waals surface area (Å²) in [6, 6.07) is 7.77. The number of nitrogens with one attached hydrogen (secondary N) is 1. The van der Waals surface area contributed by atoms with Crippen LogP contribution in [0.15, 0.2) is 60.2 Å². The number of pyridine rings is 1. The van der Waals surface area contributed by atoms with Gasteiger partial charge in [0.1, 0.15) is 0 Å². The normalized spacial score (nSPS) is 11.6. The van der Waals surface area contributed by atoms with Crippen molar-refractivity contribution < 1.29 is 4.79 Å². The number of aromatic nitrogens is 3. The van der Waals surface area contributed by atoms with Crippen molar-refractivity contribution in [2.24, 2.45) is 10.7 Å². The van der Waals surface area contributed by atoms with Crippen LogP contribution >= 0.6 is 0 Å². The topological polar surface area (TPSA) is 106 Å². The zero-order valence-corrected chi connectivity index (χ0v) is 16.5. The molecule has 1 amide bonds. The average Bonchev–Trinajstić information content (AvgIpc) is 2.73. The number of hydrogen-bond acceptors (Lipinski definition) is 6. The molecule has 29 heavy (non-hydrogen) atoms. The molecule has 146 valence electrons. The molecule has 2 heterocycles. The second-order valence-electron chi connectivity index (χ2n) is 6.47. The van der Waals surface area contributed by atoms with E-state index in [1.54, 1.807) is 31.7 Å². The first-order valence-electron chi connectivity index (χ1n) is 9.03. The molecule has 3 N–H and O–H groups in total. The molecule has 0 aliphatic heterocycles. The van der Waals surface area contributed by atoms with Gasteiger partial charge in [0, 0.05) is 43.0 Å². The second-order valence-corrected chi connectivity index (χ2v) is 6.47. The summed E-state index contributed by atoms with van der Waals surface area (Å²) >= 11 is 0. The van der Waals surface area contributed by atoms with E-state index in [4.69, 9.17) is 5.73 Å². The average molecular weight is 386 g/mol. The Bertz CT molecular complexity index is 1090. The summed E-state index contributed by atoms with van der Waals surface area (Å²) in [5, 5.41) is 2.75. The first-order valence-corrected chi connectivity index (χ1v) is 9.03. The van der Waals surface area contributed by atoms with Gasteiger partial charge in [0.2, 0.25) is 0 Å².